The first kappa shape index (κ1) is 13.8. The van der Waals surface area contributed by atoms with Gasteiger partial charge in [0.25, 0.3) is 0 Å². The van der Waals surface area contributed by atoms with E-state index in [1.165, 1.54) is 6.33 Å². The number of anilines is 1. The van der Waals surface area contributed by atoms with Gasteiger partial charge in [0.05, 0.1) is 12.6 Å². The summed E-state index contributed by atoms with van der Waals surface area (Å²) >= 11 is 6.05. The molecule has 0 aliphatic carbocycles. The number of hydrogen-bond acceptors (Lipinski definition) is 4. The molecule has 0 saturated heterocycles. The second kappa shape index (κ2) is 6.50. The van der Waals surface area contributed by atoms with Crippen LogP contribution in [0, 0.1) is 0 Å². The van der Waals surface area contributed by atoms with Gasteiger partial charge in [0.2, 0.25) is 0 Å². The molecule has 0 spiro atoms. The van der Waals surface area contributed by atoms with E-state index in [-0.39, 0.29) is 12.6 Å². The molecule has 0 aliphatic heterocycles. The van der Waals surface area contributed by atoms with Crippen molar-refractivity contribution in [2.45, 2.75) is 19.4 Å². The average Bonchev–Trinajstić information content (AvgIpc) is 2.46. The number of nitrogens with one attached hydrogen (secondary N) is 1. The molecule has 5 heteroatoms. The van der Waals surface area contributed by atoms with Gasteiger partial charge in [-0.3, -0.25) is 0 Å². The van der Waals surface area contributed by atoms with E-state index in [1.807, 2.05) is 37.3 Å². The van der Waals surface area contributed by atoms with Crippen molar-refractivity contribution in [3.8, 4) is 0 Å². The van der Waals surface area contributed by atoms with E-state index < -0.39 is 0 Å². The van der Waals surface area contributed by atoms with Gasteiger partial charge in [0.1, 0.15) is 17.3 Å². The molecule has 0 fully saturated rings. The molecule has 1 unspecified atom stereocenters. The van der Waals surface area contributed by atoms with Crippen molar-refractivity contribution in [3.63, 3.8) is 0 Å². The van der Waals surface area contributed by atoms with Gasteiger partial charge in [-0.1, -0.05) is 48.9 Å². The lowest BCUT2D eigenvalue weighted by Crippen LogP contribution is -2.17. The van der Waals surface area contributed by atoms with Gasteiger partial charge in [-0.25, -0.2) is 9.97 Å². The summed E-state index contributed by atoms with van der Waals surface area (Å²) in [5.74, 6) is 0.672. The zero-order chi connectivity index (χ0) is 13.7. The van der Waals surface area contributed by atoms with E-state index in [1.54, 1.807) is 0 Å². The third kappa shape index (κ3) is 3.22. The van der Waals surface area contributed by atoms with E-state index in [0.29, 0.717) is 11.0 Å². The summed E-state index contributed by atoms with van der Waals surface area (Å²) in [6, 6.07) is 9.53. The number of rotatable bonds is 5. The van der Waals surface area contributed by atoms with E-state index in [9.17, 15) is 5.11 Å². The van der Waals surface area contributed by atoms with Gasteiger partial charge >= 0.3 is 0 Å². The molecule has 2 rings (SSSR count). The van der Waals surface area contributed by atoms with Crippen LogP contribution in [0.3, 0.4) is 0 Å². The second-order valence-corrected chi connectivity index (χ2v) is 4.49. The highest BCUT2D eigenvalue weighted by atomic mass is 35.5. The Hall–Kier alpha value is -1.65. The summed E-state index contributed by atoms with van der Waals surface area (Å²) in [7, 11) is 0. The summed E-state index contributed by atoms with van der Waals surface area (Å²) < 4.78 is 0. The molecule has 1 atom stereocenters. The number of aliphatic hydroxyl groups excluding tert-OH is 1. The average molecular weight is 278 g/mol. The number of halogens is 1. The van der Waals surface area contributed by atoms with Crippen molar-refractivity contribution in [1.82, 2.24) is 9.97 Å². The Balaban J connectivity index is 2.27. The molecule has 0 bridgehead atoms. The topological polar surface area (TPSA) is 58.0 Å². The number of benzene rings is 1. The highest BCUT2D eigenvalue weighted by Gasteiger charge is 2.14. The van der Waals surface area contributed by atoms with Crippen LogP contribution in [0.1, 0.15) is 24.1 Å². The van der Waals surface area contributed by atoms with Gasteiger partial charge in [-0.15, -0.1) is 0 Å². The summed E-state index contributed by atoms with van der Waals surface area (Å²) in [5.41, 5.74) is 1.86. The number of nitrogens with zero attached hydrogens (tertiary/aromatic N) is 2. The quantitative estimate of drug-likeness (QED) is 0.825. The van der Waals surface area contributed by atoms with E-state index in [4.69, 9.17) is 11.6 Å². The Labute approximate surface area is 117 Å². The predicted octanol–water partition coefficient (Wildman–Crippen LogP) is 2.84. The van der Waals surface area contributed by atoms with Crippen LogP contribution in [-0.2, 0) is 6.42 Å². The summed E-state index contributed by atoms with van der Waals surface area (Å²) in [6.45, 7) is 1.97. The minimum atomic E-state index is -0.211. The van der Waals surface area contributed by atoms with Crippen LogP contribution >= 0.6 is 11.6 Å². The molecule has 1 aromatic heterocycles. The highest BCUT2D eigenvalue weighted by molar-refractivity contribution is 6.30. The van der Waals surface area contributed by atoms with Crippen LogP contribution in [-0.4, -0.2) is 21.7 Å². The number of aromatic nitrogens is 2. The maximum atomic E-state index is 9.53. The minimum Gasteiger partial charge on any atom is -0.394 e. The number of aliphatic hydroxyl groups is 1. The third-order valence-electron chi connectivity index (χ3n) is 2.94. The normalized spacial score (nSPS) is 12.2. The zero-order valence-corrected chi connectivity index (χ0v) is 11.4. The van der Waals surface area contributed by atoms with Crippen LogP contribution in [0.5, 0.6) is 0 Å². The van der Waals surface area contributed by atoms with Crippen molar-refractivity contribution < 1.29 is 5.11 Å². The Bertz CT molecular complexity index is 533. The molecule has 0 radical (unpaired) electrons. The van der Waals surface area contributed by atoms with Crippen LogP contribution < -0.4 is 5.32 Å². The molecule has 4 nitrogen and oxygen atoms in total. The fraction of sp³-hybridized carbons (Fsp3) is 0.286. The van der Waals surface area contributed by atoms with Crippen LogP contribution in [0.15, 0.2) is 36.7 Å². The Morgan fingerprint density at radius 2 is 2.00 bits per heavy atom. The summed E-state index contributed by atoms with van der Waals surface area (Å²) in [4.78, 5) is 8.17. The Morgan fingerprint density at radius 1 is 1.26 bits per heavy atom. The molecule has 2 aromatic rings. The van der Waals surface area contributed by atoms with E-state index >= 15 is 0 Å². The maximum Gasteiger partial charge on any atom is 0.137 e. The van der Waals surface area contributed by atoms with Gasteiger partial charge < -0.3 is 10.4 Å². The molecule has 0 saturated carbocycles. The molecule has 0 amide bonds. The van der Waals surface area contributed by atoms with E-state index in [2.05, 4.69) is 15.3 Å². The first-order valence-corrected chi connectivity index (χ1v) is 6.55. The van der Waals surface area contributed by atoms with Crippen molar-refractivity contribution in [3.05, 3.63) is 52.9 Å². The lowest BCUT2D eigenvalue weighted by atomic mass is 10.1. The van der Waals surface area contributed by atoms with Gasteiger partial charge in [-0.05, 0) is 12.0 Å². The third-order valence-corrected chi connectivity index (χ3v) is 3.27. The van der Waals surface area contributed by atoms with Crippen LogP contribution in [0.2, 0.25) is 5.15 Å². The summed E-state index contributed by atoms with van der Waals surface area (Å²) in [5, 5.41) is 13.2. The van der Waals surface area contributed by atoms with Crippen LogP contribution in [0.4, 0.5) is 5.82 Å². The molecular weight excluding hydrogens is 262 g/mol. The SMILES string of the molecule is CCc1c(Cl)ncnc1NC(CO)c1ccccc1. The molecule has 2 N–H and O–H groups in total. The fourth-order valence-electron chi connectivity index (χ4n) is 1.91. The smallest absolute Gasteiger partial charge is 0.137 e. The maximum absolute atomic E-state index is 9.53. The van der Waals surface area contributed by atoms with Crippen LogP contribution in [0.25, 0.3) is 0 Å². The Morgan fingerprint density at radius 3 is 2.63 bits per heavy atom. The largest absolute Gasteiger partial charge is 0.394 e. The van der Waals surface area contributed by atoms with Gasteiger partial charge in [0, 0.05) is 5.56 Å². The monoisotopic (exact) mass is 277 g/mol. The summed E-state index contributed by atoms with van der Waals surface area (Å²) in [6.07, 6.45) is 2.15. The first-order valence-electron chi connectivity index (χ1n) is 6.18. The molecule has 1 aromatic carbocycles. The van der Waals surface area contributed by atoms with Crippen molar-refractivity contribution >= 4 is 17.4 Å². The fourth-order valence-corrected chi connectivity index (χ4v) is 2.18. The van der Waals surface area contributed by atoms with Gasteiger partial charge in [-0.2, -0.15) is 0 Å². The van der Waals surface area contributed by atoms with Crippen molar-refractivity contribution in [2.75, 3.05) is 11.9 Å². The highest BCUT2D eigenvalue weighted by Crippen LogP contribution is 2.24. The Kier molecular flexibility index (Phi) is 4.71. The number of hydrogen-bond donors (Lipinski definition) is 2. The lowest BCUT2D eigenvalue weighted by Gasteiger charge is -2.19. The van der Waals surface area contributed by atoms with Gasteiger partial charge in [0.15, 0.2) is 0 Å². The zero-order valence-electron chi connectivity index (χ0n) is 10.7. The lowest BCUT2D eigenvalue weighted by molar-refractivity contribution is 0.276. The molecule has 0 aliphatic rings. The van der Waals surface area contributed by atoms with E-state index in [0.717, 1.165) is 17.5 Å². The molecular formula is C14H16ClN3O. The van der Waals surface area contributed by atoms with Crippen molar-refractivity contribution in [2.24, 2.45) is 0 Å². The molecule has 19 heavy (non-hydrogen) atoms. The minimum absolute atomic E-state index is 0.0191. The predicted molar refractivity (Wildman–Crippen MR) is 76.3 cm³/mol. The standard InChI is InChI=1S/C14H16ClN3O/c1-2-11-13(15)16-9-17-14(11)18-12(8-19)10-6-4-3-5-7-10/h3-7,9,12,19H,2,8H2,1H3,(H,16,17,18). The second-order valence-electron chi connectivity index (χ2n) is 4.14. The molecule has 100 valence electrons. The first-order chi connectivity index (χ1) is 9.26. The van der Waals surface area contributed by atoms with Crippen molar-refractivity contribution in [1.29, 1.82) is 0 Å². The molecule has 1 heterocycles.